The minimum Gasteiger partial charge on any atom is -0.342 e. The van der Waals surface area contributed by atoms with Gasteiger partial charge in [-0.1, -0.05) is 13.8 Å². The van der Waals surface area contributed by atoms with Crippen LogP contribution in [0.15, 0.2) is 0 Å². The number of carbonyl (C=O) groups is 1. The van der Waals surface area contributed by atoms with Gasteiger partial charge in [-0.2, -0.15) is 0 Å². The van der Waals surface area contributed by atoms with E-state index in [9.17, 15) is 4.79 Å². The highest BCUT2D eigenvalue weighted by Gasteiger charge is 2.23. The molecule has 3 nitrogen and oxygen atoms in total. The van der Waals surface area contributed by atoms with Crippen molar-refractivity contribution in [2.45, 2.75) is 33.1 Å². The highest BCUT2D eigenvalue weighted by atomic mass is 16.2. The summed E-state index contributed by atoms with van der Waals surface area (Å²) in [5.74, 6) is 1.49. The first-order chi connectivity index (χ1) is 7.49. The van der Waals surface area contributed by atoms with Gasteiger partial charge in [0.25, 0.3) is 0 Å². The molecule has 1 aliphatic rings. The van der Waals surface area contributed by atoms with Gasteiger partial charge in [0.05, 0.1) is 0 Å². The predicted molar refractivity (Wildman–Crippen MR) is 67.3 cm³/mol. The maximum atomic E-state index is 12.0. The van der Waals surface area contributed by atoms with Gasteiger partial charge in [-0.15, -0.1) is 0 Å². The molecule has 1 saturated heterocycles. The molecule has 0 aliphatic carbocycles. The zero-order chi connectivity index (χ0) is 12.1. The molecule has 0 saturated carbocycles. The van der Waals surface area contributed by atoms with E-state index in [4.69, 9.17) is 0 Å². The Morgan fingerprint density at radius 1 is 1.44 bits per heavy atom. The van der Waals surface area contributed by atoms with Crippen LogP contribution in [-0.4, -0.2) is 49.4 Å². The monoisotopic (exact) mass is 226 g/mol. The lowest BCUT2D eigenvalue weighted by Gasteiger charge is -2.34. The minimum absolute atomic E-state index is 0.346. The van der Waals surface area contributed by atoms with E-state index in [2.05, 4.69) is 37.7 Å². The van der Waals surface area contributed by atoms with Crippen molar-refractivity contribution in [1.29, 1.82) is 0 Å². The second-order valence-electron chi connectivity index (χ2n) is 5.71. The zero-order valence-corrected chi connectivity index (χ0v) is 11.2. The number of nitrogens with zero attached hydrogens (tertiary/aromatic N) is 2. The Hall–Kier alpha value is -0.570. The fraction of sp³-hybridized carbons (Fsp3) is 0.923. The molecule has 1 rings (SSSR count). The lowest BCUT2D eigenvalue weighted by atomic mass is 9.97. The standard InChI is InChI=1S/C13H26N2O/c1-11(2)8-13(16)15-7-5-6-12(10-15)9-14(3)4/h11-12H,5-10H2,1-4H3. The first kappa shape index (κ1) is 13.5. The average Bonchev–Trinajstić information content (AvgIpc) is 2.16. The zero-order valence-electron chi connectivity index (χ0n) is 11.2. The topological polar surface area (TPSA) is 23.6 Å². The highest BCUT2D eigenvalue weighted by Crippen LogP contribution is 2.18. The van der Waals surface area contributed by atoms with Gasteiger partial charge in [0.15, 0.2) is 0 Å². The Balaban J connectivity index is 2.40. The maximum Gasteiger partial charge on any atom is 0.222 e. The Labute approximate surface area is 99.8 Å². The van der Waals surface area contributed by atoms with E-state index in [1.807, 2.05) is 0 Å². The molecule has 0 spiro atoms. The van der Waals surface area contributed by atoms with E-state index in [0.717, 1.165) is 19.6 Å². The fourth-order valence-electron chi connectivity index (χ4n) is 2.44. The second-order valence-corrected chi connectivity index (χ2v) is 5.71. The van der Waals surface area contributed by atoms with Gasteiger partial charge in [-0.05, 0) is 38.8 Å². The van der Waals surface area contributed by atoms with Crippen molar-refractivity contribution in [1.82, 2.24) is 9.80 Å². The molecule has 0 N–H and O–H groups in total. The normalized spacial score (nSPS) is 21.9. The average molecular weight is 226 g/mol. The lowest BCUT2D eigenvalue weighted by Crippen LogP contribution is -2.43. The summed E-state index contributed by atoms with van der Waals surface area (Å²) in [4.78, 5) is 16.2. The summed E-state index contributed by atoms with van der Waals surface area (Å²) in [6, 6.07) is 0. The van der Waals surface area contributed by atoms with Gasteiger partial charge < -0.3 is 9.80 Å². The van der Waals surface area contributed by atoms with Crippen molar-refractivity contribution in [3.8, 4) is 0 Å². The summed E-state index contributed by atoms with van der Waals surface area (Å²) in [6.45, 7) is 7.25. The number of piperidine rings is 1. The lowest BCUT2D eigenvalue weighted by molar-refractivity contribution is -0.133. The van der Waals surface area contributed by atoms with Crippen LogP contribution in [-0.2, 0) is 4.79 Å². The van der Waals surface area contributed by atoms with Crippen LogP contribution in [0.5, 0.6) is 0 Å². The third-order valence-electron chi connectivity index (χ3n) is 3.08. The number of amides is 1. The van der Waals surface area contributed by atoms with Crippen molar-refractivity contribution >= 4 is 5.91 Å². The minimum atomic E-state index is 0.346. The number of likely N-dealkylation sites (tertiary alicyclic amines) is 1. The van der Waals surface area contributed by atoms with E-state index in [0.29, 0.717) is 24.2 Å². The third kappa shape index (κ3) is 4.52. The van der Waals surface area contributed by atoms with Crippen molar-refractivity contribution in [3.63, 3.8) is 0 Å². The SMILES string of the molecule is CC(C)CC(=O)N1CCCC(CN(C)C)C1. The molecule has 94 valence electrons. The molecule has 16 heavy (non-hydrogen) atoms. The van der Waals surface area contributed by atoms with Gasteiger partial charge >= 0.3 is 0 Å². The molecule has 1 aliphatic heterocycles. The Morgan fingerprint density at radius 3 is 2.69 bits per heavy atom. The molecule has 3 heteroatoms. The maximum absolute atomic E-state index is 12.0. The molecule has 0 bridgehead atoms. The van der Waals surface area contributed by atoms with Crippen molar-refractivity contribution < 1.29 is 4.79 Å². The third-order valence-corrected chi connectivity index (χ3v) is 3.08. The fourth-order valence-corrected chi connectivity index (χ4v) is 2.44. The van der Waals surface area contributed by atoms with E-state index < -0.39 is 0 Å². The van der Waals surface area contributed by atoms with E-state index in [1.54, 1.807) is 0 Å². The van der Waals surface area contributed by atoms with Crippen LogP contribution < -0.4 is 0 Å². The van der Waals surface area contributed by atoms with Crippen molar-refractivity contribution in [3.05, 3.63) is 0 Å². The van der Waals surface area contributed by atoms with Crippen LogP contribution in [0.25, 0.3) is 0 Å². The largest absolute Gasteiger partial charge is 0.342 e. The van der Waals surface area contributed by atoms with E-state index >= 15 is 0 Å². The van der Waals surface area contributed by atoms with Crippen molar-refractivity contribution in [2.75, 3.05) is 33.7 Å². The van der Waals surface area contributed by atoms with Gasteiger partial charge in [-0.25, -0.2) is 0 Å². The first-order valence-corrected chi connectivity index (χ1v) is 6.41. The molecule has 0 aromatic carbocycles. The van der Waals surface area contributed by atoms with Gasteiger partial charge in [0.2, 0.25) is 5.91 Å². The number of rotatable bonds is 4. The van der Waals surface area contributed by atoms with Gasteiger partial charge in [0, 0.05) is 26.1 Å². The molecule has 1 fully saturated rings. The number of hydrogen-bond donors (Lipinski definition) is 0. The Morgan fingerprint density at radius 2 is 2.12 bits per heavy atom. The van der Waals surface area contributed by atoms with Crippen LogP contribution in [0.2, 0.25) is 0 Å². The molecule has 1 atom stereocenters. The van der Waals surface area contributed by atoms with E-state index in [-0.39, 0.29) is 0 Å². The van der Waals surface area contributed by atoms with Crippen LogP contribution in [0.1, 0.15) is 33.1 Å². The molecule has 0 aromatic heterocycles. The van der Waals surface area contributed by atoms with Crippen LogP contribution in [0.3, 0.4) is 0 Å². The molecule has 1 heterocycles. The summed E-state index contributed by atoms with van der Waals surface area (Å²) < 4.78 is 0. The van der Waals surface area contributed by atoms with Gasteiger partial charge in [-0.3, -0.25) is 4.79 Å². The summed E-state index contributed by atoms with van der Waals surface area (Å²) in [5, 5.41) is 0. The summed E-state index contributed by atoms with van der Waals surface area (Å²) in [6.07, 6.45) is 3.14. The molecule has 0 radical (unpaired) electrons. The number of hydrogen-bond acceptors (Lipinski definition) is 2. The van der Waals surface area contributed by atoms with Crippen LogP contribution in [0, 0.1) is 11.8 Å². The first-order valence-electron chi connectivity index (χ1n) is 6.41. The molecular weight excluding hydrogens is 200 g/mol. The van der Waals surface area contributed by atoms with E-state index in [1.165, 1.54) is 12.8 Å². The summed E-state index contributed by atoms with van der Waals surface area (Å²) in [5.41, 5.74) is 0. The Bertz CT molecular complexity index is 226. The Kier molecular flexibility index (Phi) is 5.26. The predicted octanol–water partition coefficient (Wildman–Crippen LogP) is 1.83. The second kappa shape index (κ2) is 6.24. The summed E-state index contributed by atoms with van der Waals surface area (Å²) in [7, 11) is 4.21. The summed E-state index contributed by atoms with van der Waals surface area (Å²) >= 11 is 0. The van der Waals surface area contributed by atoms with Crippen LogP contribution >= 0.6 is 0 Å². The quantitative estimate of drug-likeness (QED) is 0.730. The molecular formula is C13H26N2O. The molecule has 1 amide bonds. The van der Waals surface area contributed by atoms with Crippen LogP contribution in [0.4, 0.5) is 0 Å². The van der Waals surface area contributed by atoms with Crippen molar-refractivity contribution in [2.24, 2.45) is 11.8 Å². The molecule has 1 unspecified atom stereocenters. The highest BCUT2D eigenvalue weighted by molar-refractivity contribution is 5.76. The van der Waals surface area contributed by atoms with Gasteiger partial charge in [0.1, 0.15) is 0 Å². The number of carbonyl (C=O) groups excluding carboxylic acids is 1. The smallest absolute Gasteiger partial charge is 0.222 e. The molecule has 0 aromatic rings.